The molecule has 0 spiro atoms. The number of likely N-dealkylation sites (N-methyl/N-ethyl adjacent to an activating group) is 1. The van der Waals surface area contributed by atoms with Crippen molar-refractivity contribution in [3.8, 4) is 17.0 Å². The van der Waals surface area contributed by atoms with E-state index in [1.54, 1.807) is 16.2 Å². The lowest BCUT2D eigenvalue weighted by Crippen LogP contribution is -2.38. The van der Waals surface area contributed by atoms with Crippen molar-refractivity contribution in [1.29, 1.82) is 0 Å². The number of nitrogens with zero attached hydrogens (tertiary/aromatic N) is 2. The summed E-state index contributed by atoms with van der Waals surface area (Å²) in [4.78, 5) is 18.5. The number of hydrogen-bond donors (Lipinski definition) is 1. The lowest BCUT2D eigenvalue weighted by atomic mass is 10.1. The van der Waals surface area contributed by atoms with Gasteiger partial charge in [-0.25, -0.2) is 4.98 Å². The molecule has 0 saturated heterocycles. The van der Waals surface area contributed by atoms with Crippen molar-refractivity contribution in [2.24, 2.45) is 0 Å². The SMILES string of the molecule is CCN1C(=O)COc2ccc(-c3csc(Nc4ccc(Br)cc4)n3)cc21. The normalized spacial score (nSPS) is 13.3. The highest BCUT2D eigenvalue weighted by atomic mass is 79.9. The Morgan fingerprint density at radius 2 is 2.08 bits per heavy atom. The van der Waals surface area contributed by atoms with E-state index in [4.69, 9.17) is 4.74 Å². The van der Waals surface area contributed by atoms with E-state index in [1.807, 2.05) is 54.8 Å². The third-order valence-electron chi connectivity index (χ3n) is 4.11. The van der Waals surface area contributed by atoms with E-state index in [-0.39, 0.29) is 12.5 Å². The van der Waals surface area contributed by atoms with E-state index in [1.165, 1.54) is 0 Å². The van der Waals surface area contributed by atoms with Gasteiger partial charge in [-0.1, -0.05) is 15.9 Å². The van der Waals surface area contributed by atoms with Crippen LogP contribution in [0.1, 0.15) is 6.92 Å². The van der Waals surface area contributed by atoms with Crippen molar-refractivity contribution < 1.29 is 9.53 Å². The van der Waals surface area contributed by atoms with E-state index >= 15 is 0 Å². The molecule has 1 amide bonds. The van der Waals surface area contributed by atoms with E-state index in [9.17, 15) is 4.79 Å². The van der Waals surface area contributed by atoms with Crippen LogP contribution >= 0.6 is 27.3 Å². The van der Waals surface area contributed by atoms with Crippen molar-refractivity contribution in [2.75, 3.05) is 23.4 Å². The number of thiazole rings is 1. The first-order valence-electron chi connectivity index (χ1n) is 8.20. The van der Waals surface area contributed by atoms with Gasteiger partial charge in [-0.3, -0.25) is 4.79 Å². The van der Waals surface area contributed by atoms with Crippen molar-refractivity contribution in [3.05, 3.63) is 52.3 Å². The second-order valence-electron chi connectivity index (χ2n) is 5.78. The number of ether oxygens (including phenoxy) is 1. The summed E-state index contributed by atoms with van der Waals surface area (Å²) in [5.74, 6) is 0.715. The molecular formula is C19H16BrN3O2S. The van der Waals surface area contributed by atoms with Crippen molar-refractivity contribution in [3.63, 3.8) is 0 Å². The first kappa shape index (κ1) is 17.1. The summed E-state index contributed by atoms with van der Waals surface area (Å²) in [5.41, 5.74) is 3.61. The highest BCUT2D eigenvalue weighted by Crippen LogP contribution is 2.37. The molecule has 1 aromatic heterocycles. The Bertz CT molecular complexity index is 956. The number of fused-ring (bicyclic) bond motifs is 1. The second kappa shape index (κ2) is 7.09. The summed E-state index contributed by atoms with van der Waals surface area (Å²) < 4.78 is 6.56. The third kappa shape index (κ3) is 3.32. The molecule has 0 fully saturated rings. The first-order valence-corrected chi connectivity index (χ1v) is 9.87. The Labute approximate surface area is 163 Å². The fourth-order valence-electron chi connectivity index (χ4n) is 2.83. The molecule has 132 valence electrons. The topological polar surface area (TPSA) is 54.5 Å². The van der Waals surface area contributed by atoms with Gasteiger partial charge in [0.15, 0.2) is 11.7 Å². The van der Waals surface area contributed by atoms with Gasteiger partial charge in [0.05, 0.1) is 11.4 Å². The molecule has 0 aliphatic carbocycles. The first-order chi connectivity index (χ1) is 12.6. The molecule has 3 aromatic rings. The van der Waals surface area contributed by atoms with Crippen LogP contribution in [0.25, 0.3) is 11.3 Å². The van der Waals surface area contributed by atoms with Crippen LogP contribution < -0.4 is 15.0 Å². The predicted octanol–water partition coefficient (Wildman–Crippen LogP) is 5.06. The monoisotopic (exact) mass is 429 g/mol. The summed E-state index contributed by atoms with van der Waals surface area (Å²) >= 11 is 4.97. The number of halogens is 1. The summed E-state index contributed by atoms with van der Waals surface area (Å²) in [6.07, 6.45) is 0. The molecular weight excluding hydrogens is 414 g/mol. The van der Waals surface area contributed by atoms with Crippen molar-refractivity contribution in [1.82, 2.24) is 4.98 Å². The molecule has 0 bridgehead atoms. The Balaban J connectivity index is 1.60. The third-order valence-corrected chi connectivity index (χ3v) is 5.40. The highest BCUT2D eigenvalue weighted by molar-refractivity contribution is 9.10. The molecule has 4 rings (SSSR count). The van der Waals surface area contributed by atoms with Gasteiger partial charge in [-0.05, 0) is 49.4 Å². The number of nitrogens with one attached hydrogen (secondary N) is 1. The molecule has 26 heavy (non-hydrogen) atoms. The summed E-state index contributed by atoms with van der Waals surface area (Å²) in [6, 6.07) is 13.8. The van der Waals surface area contributed by atoms with Gasteiger partial charge >= 0.3 is 0 Å². The fourth-order valence-corrected chi connectivity index (χ4v) is 3.83. The summed E-state index contributed by atoms with van der Waals surface area (Å²) in [5, 5.41) is 6.13. The zero-order valence-corrected chi connectivity index (χ0v) is 16.4. The van der Waals surface area contributed by atoms with Crippen LogP contribution in [-0.2, 0) is 4.79 Å². The lowest BCUT2D eigenvalue weighted by molar-refractivity contribution is -0.121. The molecule has 1 aliphatic rings. The Kier molecular flexibility index (Phi) is 4.65. The van der Waals surface area contributed by atoms with Crippen LogP contribution in [0.5, 0.6) is 5.75 Å². The molecule has 7 heteroatoms. The largest absolute Gasteiger partial charge is 0.482 e. The number of anilines is 3. The van der Waals surface area contributed by atoms with Gasteiger partial charge in [-0.15, -0.1) is 11.3 Å². The maximum atomic E-state index is 12.0. The summed E-state index contributed by atoms with van der Waals surface area (Å²) in [7, 11) is 0. The number of carbonyl (C=O) groups is 1. The van der Waals surface area contributed by atoms with Crippen molar-refractivity contribution in [2.45, 2.75) is 6.92 Å². The molecule has 0 atom stereocenters. The van der Waals surface area contributed by atoms with Gasteiger partial charge in [0.25, 0.3) is 5.91 Å². The van der Waals surface area contributed by atoms with Gasteiger partial charge in [0.1, 0.15) is 5.75 Å². The molecule has 1 aliphatic heterocycles. The smallest absolute Gasteiger partial charge is 0.265 e. The average Bonchev–Trinajstić information content (AvgIpc) is 3.11. The molecule has 5 nitrogen and oxygen atoms in total. The second-order valence-corrected chi connectivity index (χ2v) is 7.55. The van der Waals surface area contributed by atoms with Gasteiger partial charge in [0.2, 0.25) is 0 Å². The van der Waals surface area contributed by atoms with E-state index < -0.39 is 0 Å². The number of rotatable bonds is 4. The van der Waals surface area contributed by atoms with Crippen LogP contribution in [0, 0.1) is 0 Å². The lowest BCUT2D eigenvalue weighted by Gasteiger charge is -2.28. The number of benzene rings is 2. The maximum Gasteiger partial charge on any atom is 0.265 e. The molecule has 0 radical (unpaired) electrons. The Morgan fingerprint density at radius 1 is 1.27 bits per heavy atom. The average molecular weight is 430 g/mol. The Hall–Kier alpha value is -2.38. The quantitative estimate of drug-likeness (QED) is 0.629. The van der Waals surface area contributed by atoms with Crippen LogP contribution in [0.15, 0.2) is 52.3 Å². The van der Waals surface area contributed by atoms with E-state index in [2.05, 4.69) is 26.2 Å². The molecule has 2 heterocycles. The molecule has 0 saturated carbocycles. The van der Waals surface area contributed by atoms with Crippen LogP contribution in [0.2, 0.25) is 0 Å². The maximum absolute atomic E-state index is 12.0. The van der Waals surface area contributed by atoms with E-state index in [0.717, 1.165) is 38.0 Å². The van der Waals surface area contributed by atoms with Crippen LogP contribution in [0.4, 0.5) is 16.5 Å². The number of amides is 1. The molecule has 2 aromatic carbocycles. The van der Waals surface area contributed by atoms with Crippen LogP contribution in [-0.4, -0.2) is 24.0 Å². The highest BCUT2D eigenvalue weighted by Gasteiger charge is 2.24. The van der Waals surface area contributed by atoms with Gasteiger partial charge in [-0.2, -0.15) is 0 Å². The zero-order chi connectivity index (χ0) is 18.1. The van der Waals surface area contributed by atoms with E-state index in [0.29, 0.717) is 6.54 Å². The van der Waals surface area contributed by atoms with Gasteiger partial charge < -0.3 is 15.0 Å². The molecule has 1 N–H and O–H groups in total. The fraction of sp³-hybridized carbons (Fsp3) is 0.158. The minimum Gasteiger partial charge on any atom is -0.482 e. The minimum atomic E-state index is -0.0204. The van der Waals surface area contributed by atoms with Crippen LogP contribution in [0.3, 0.4) is 0 Å². The van der Waals surface area contributed by atoms with Gasteiger partial charge in [0, 0.05) is 27.6 Å². The number of hydrogen-bond acceptors (Lipinski definition) is 5. The minimum absolute atomic E-state index is 0.0204. The zero-order valence-electron chi connectivity index (χ0n) is 14.0. The standard InChI is InChI=1S/C19H16BrN3O2S/c1-2-23-16-9-12(3-8-17(16)25-10-18(23)24)15-11-26-19(22-15)21-14-6-4-13(20)5-7-14/h3-9,11H,2,10H2,1H3,(H,21,22). The number of aromatic nitrogens is 1. The number of carbonyl (C=O) groups excluding carboxylic acids is 1. The summed E-state index contributed by atoms with van der Waals surface area (Å²) in [6.45, 7) is 2.67. The Morgan fingerprint density at radius 3 is 2.85 bits per heavy atom. The molecule has 0 unspecified atom stereocenters. The predicted molar refractivity (Wildman–Crippen MR) is 108 cm³/mol. The van der Waals surface area contributed by atoms with Crippen molar-refractivity contribution >= 4 is 49.7 Å².